The highest BCUT2D eigenvalue weighted by Gasteiger charge is 2.40. The first-order valence-corrected chi connectivity index (χ1v) is 42.4. The number of hydrogen-bond acceptors (Lipinski definition) is 25. The van der Waals surface area contributed by atoms with Crippen LogP contribution in [0.25, 0.3) is 0 Å². The van der Waals surface area contributed by atoms with Gasteiger partial charge >= 0.3 is 16.4 Å². The maximum Gasteiger partial charge on any atom is 0.397 e. The predicted octanol–water partition coefficient (Wildman–Crippen LogP) is 9.59. The van der Waals surface area contributed by atoms with Crippen LogP contribution in [-0.2, 0) is 46.4 Å². The number of thiazole rings is 1. The molecule has 1 saturated heterocycles. The molecular formula is C79H140N4O22S2. The zero-order chi connectivity index (χ0) is 79.2. The Morgan fingerprint density at radius 1 is 0.664 bits per heavy atom. The molecule has 2 bridgehead atoms. The van der Waals surface area contributed by atoms with Crippen molar-refractivity contribution in [2.24, 2.45) is 29.4 Å². The van der Waals surface area contributed by atoms with E-state index in [9.17, 15) is 83.8 Å². The highest BCUT2D eigenvalue weighted by atomic mass is 32.3. The molecule has 2 aliphatic heterocycles. The van der Waals surface area contributed by atoms with Crippen LogP contribution in [0.2, 0.25) is 0 Å². The molecule has 0 radical (unpaired) electrons. The highest BCUT2D eigenvalue weighted by molar-refractivity contribution is 7.80. The average Bonchev–Trinajstić information content (AvgIpc) is 1.73. The van der Waals surface area contributed by atoms with Crippen LogP contribution < -0.4 is 11.1 Å². The molecule has 1 amide bonds. The largest absolute Gasteiger partial charge is 0.456 e. The lowest BCUT2D eigenvalue weighted by molar-refractivity contribution is -0.120. The molecule has 16 N–H and O–H groups in total. The van der Waals surface area contributed by atoms with Crippen LogP contribution in [-0.4, -0.2) is 213 Å². The van der Waals surface area contributed by atoms with Gasteiger partial charge in [-0.15, -0.1) is 11.3 Å². The standard InChI is InChI=1S/C79H140N4O22S2/c1-50-33-36-64(91)41-59(86)25-17-24-57(84)23-16-15-21-52(3)77(105-107(98,99)100)76(56(7)103-79(97)69-48-102-74(81-69)31-20-30-60(87)40-58(85)26-19-29-63(90)45-68(101-8)37-34-50)83-78(96)54(5)39-53(4)71(95)46-66(93)43-62(89)28-18-27-61(88)42-65(92)44-67(94)47-73-51(2)35-38-72(104-73)70-49-106-75(82-70)32-14-12-10-9-11-13-22-55(6)80/h34,37,39,48-53,55-68,71-73,76-77,84-95H,9-33,35-36,38,40-47,80H2,1-8H3,(H,83,96)(H,98,99,100)/b37-34?,54-39+/t50?,51?,52?,53?,55-,56?,57?,58?,59?,60?,61?,62?,63?,64?,65?,66?,67?,68?,71?,72?,73?,76?,77?/m1/s1. The van der Waals surface area contributed by atoms with Crippen LogP contribution >= 0.6 is 11.3 Å². The van der Waals surface area contributed by atoms with Crippen molar-refractivity contribution >= 4 is 33.6 Å². The molecule has 26 nitrogen and oxygen atoms in total. The molecule has 2 aromatic heterocycles. The molecular weight excluding hydrogens is 1420 g/mol. The number of unbranched alkanes of at least 4 members (excludes halogenated alkanes) is 5. The highest BCUT2D eigenvalue weighted by Crippen LogP contribution is 2.38. The number of nitrogens with zero attached hydrogens (tertiary/aromatic N) is 2. The molecule has 22 unspecified atom stereocenters. The van der Waals surface area contributed by atoms with Crippen molar-refractivity contribution in [2.45, 2.75) is 395 Å². The lowest BCUT2D eigenvalue weighted by Crippen LogP contribution is -2.55. The number of nitrogens with one attached hydrogen (secondary N) is 1. The molecule has 0 saturated carbocycles. The molecule has 0 spiro atoms. The third-order valence-corrected chi connectivity index (χ3v) is 22.7. The quantitative estimate of drug-likeness (QED) is 0.0110. The Kier molecular flexibility index (Phi) is 46.6. The van der Waals surface area contributed by atoms with Crippen molar-refractivity contribution in [2.75, 3.05) is 7.11 Å². The minimum Gasteiger partial charge on any atom is -0.456 e. The first-order valence-electron chi connectivity index (χ1n) is 40.2. The van der Waals surface area contributed by atoms with Gasteiger partial charge in [0.15, 0.2) is 11.6 Å². The van der Waals surface area contributed by atoms with Crippen molar-refractivity contribution < 1.29 is 107 Å². The summed E-state index contributed by atoms with van der Waals surface area (Å²) in [7, 11) is -3.68. The third-order valence-electron chi connectivity index (χ3n) is 21.3. The minimum atomic E-state index is -5.24. The topological polar surface area (TPSA) is 445 Å². The second kappa shape index (κ2) is 52.0. The predicted molar refractivity (Wildman–Crippen MR) is 410 cm³/mol. The van der Waals surface area contributed by atoms with E-state index >= 15 is 0 Å². The number of oxazole rings is 1. The van der Waals surface area contributed by atoms with Gasteiger partial charge in [-0.1, -0.05) is 90.9 Å². The third kappa shape index (κ3) is 41.2. The number of cyclic esters (lactones) is 1. The minimum absolute atomic E-state index is 0.0190. The number of aryl methyl sites for hydroxylation is 2. The maximum atomic E-state index is 14.2. The van der Waals surface area contributed by atoms with Crippen LogP contribution in [0.4, 0.5) is 0 Å². The molecule has 107 heavy (non-hydrogen) atoms. The number of allylic oxidation sites excluding steroid dienone is 1. The Morgan fingerprint density at radius 3 is 1.87 bits per heavy atom. The molecule has 0 aromatic carbocycles. The molecule has 0 aliphatic carbocycles. The number of fused-ring (bicyclic) bond motifs is 2. The van der Waals surface area contributed by atoms with E-state index in [-0.39, 0.29) is 124 Å². The number of carbonyl (C=O) groups excluding carboxylic acids is 2. The lowest BCUT2D eigenvalue weighted by Gasteiger charge is -2.35. The van der Waals surface area contributed by atoms with Gasteiger partial charge in [0.05, 0.1) is 102 Å². The number of carbonyl (C=O) groups is 2. The molecule has 28 heteroatoms. The number of aliphatic hydroxyl groups excluding tert-OH is 12. The Hall–Kier alpha value is -3.47. The van der Waals surface area contributed by atoms with E-state index in [1.54, 1.807) is 32.3 Å². The first kappa shape index (κ1) is 95.9. The number of aliphatic hydroxyl groups is 12. The van der Waals surface area contributed by atoms with Crippen molar-refractivity contribution in [1.82, 2.24) is 15.3 Å². The zero-order valence-corrected chi connectivity index (χ0v) is 67.0. The summed E-state index contributed by atoms with van der Waals surface area (Å²) in [6.07, 6.45) is 10.1. The van der Waals surface area contributed by atoms with Crippen molar-refractivity contribution in [1.29, 1.82) is 0 Å². The van der Waals surface area contributed by atoms with Gasteiger partial charge < -0.3 is 91.0 Å². The van der Waals surface area contributed by atoms with E-state index in [2.05, 4.69) is 29.5 Å². The van der Waals surface area contributed by atoms with E-state index in [0.717, 1.165) is 49.1 Å². The molecule has 23 atom stereocenters. The summed E-state index contributed by atoms with van der Waals surface area (Å²) >= 11 is 1.67. The van der Waals surface area contributed by atoms with Crippen LogP contribution in [0, 0.1) is 23.7 Å². The van der Waals surface area contributed by atoms with Gasteiger partial charge in [0, 0.05) is 42.9 Å². The SMILES string of the molecule is COC1C=CC(C)CCC(O)CC(O)CCCC(O)CCCCC(C)C(OS(=O)(=O)O)C(NC(=O)/C(C)=C/C(C)C(O)CC(O)CC(O)CCCC(O)CC(O)CC(O)CC2OC(c3csc(CCCCCCCC[C@@H](C)N)n3)CCC2C)C(C)OC(=O)c2coc(n2)CCCC(O)CC(O)CCCC(O)C1. The lowest BCUT2D eigenvalue weighted by atomic mass is 9.88. The summed E-state index contributed by atoms with van der Waals surface area (Å²) < 4.78 is 64.3. The summed E-state index contributed by atoms with van der Waals surface area (Å²) in [6.45, 7) is 12.2. The average molecular weight is 1560 g/mol. The second-order valence-corrected chi connectivity index (χ2v) is 33.8. The van der Waals surface area contributed by atoms with Crippen molar-refractivity contribution in [3.63, 3.8) is 0 Å². The Morgan fingerprint density at radius 2 is 1.23 bits per heavy atom. The number of esters is 1. The number of hydrogen-bond donors (Lipinski definition) is 15. The smallest absolute Gasteiger partial charge is 0.397 e. The van der Waals surface area contributed by atoms with Gasteiger partial charge in [-0.3, -0.25) is 9.35 Å². The number of aromatic nitrogens is 2. The van der Waals surface area contributed by atoms with Gasteiger partial charge in [0.25, 0.3) is 0 Å². The fourth-order valence-electron chi connectivity index (χ4n) is 14.6. The van der Waals surface area contributed by atoms with Gasteiger partial charge in [0.2, 0.25) is 5.91 Å². The Bertz CT molecular complexity index is 2890. The first-order chi connectivity index (χ1) is 50.7. The summed E-state index contributed by atoms with van der Waals surface area (Å²) in [4.78, 5) is 37.2. The van der Waals surface area contributed by atoms with Crippen molar-refractivity contribution in [3.05, 3.63) is 57.7 Å². The summed E-state index contributed by atoms with van der Waals surface area (Å²) in [6, 6.07) is -1.21. The van der Waals surface area contributed by atoms with E-state index in [4.69, 9.17) is 33.5 Å². The number of methoxy groups -OCH3 is 1. The van der Waals surface area contributed by atoms with E-state index in [0.29, 0.717) is 96.3 Å². The van der Waals surface area contributed by atoms with Crippen LogP contribution in [0.5, 0.6) is 0 Å². The number of ether oxygens (including phenoxy) is 3. The fraction of sp³-hybridized carbons (Fsp3) is 0.848. The Balaban J connectivity index is 1.32. The fourth-order valence-corrected chi connectivity index (χ4v) is 16.1. The van der Waals surface area contributed by atoms with E-state index in [1.165, 1.54) is 52.0 Å². The molecule has 2 aromatic rings. The van der Waals surface area contributed by atoms with E-state index in [1.807, 2.05) is 19.1 Å². The second-order valence-electron chi connectivity index (χ2n) is 31.8. The van der Waals surface area contributed by atoms with Gasteiger partial charge in [-0.25, -0.2) is 18.9 Å². The van der Waals surface area contributed by atoms with Gasteiger partial charge in [0.1, 0.15) is 24.6 Å². The molecule has 2 aliphatic rings. The molecule has 620 valence electrons. The van der Waals surface area contributed by atoms with Gasteiger partial charge in [-0.2, -0.15) is 8.42 Å². The van der Waals surface area contributed by atoms with Gasteiger partial charge in [-0.05, 0) is 212 Å². The zero-order valence-electron chi connectivity index (χ0n) is 65.4. The summed E-state index contributed by atoms with van der Waals surface area (Å²) in [5.74, 6) is -2.94. The van der Waals surface area contributed by atoms with Crippen LogP contribution in [0.3, 0.4) is 0 Å². The normalized spacial score (nSPS) is 29.7. The number of rotatable bonds is 31. The van der Waals surface area contributed by atoms with Crippen molar-refractivity contribution in [3.8, 4) is 0 Å². The molecule has 1 fully saturated rings. The number of nitrogens with two attached hydrogens (primary N) is 1. The Labute approximate surface area is 642 Å². The number of amides is 1. The monoisotopic (exact) mass is 1560 g/mol. The summed E-state index contributed by atoms with van der Waals surface area (Å²) in [5.41, 5.74) is 6.57. The summed E-state index contributed by atoms with van der Waals surface area (Å²) in [5, 5.41) is 137. The molecule has 4 rings (SSSR count). The molecule has 4 heterocycles. The van der Waals surface area contributed by atoms with Crippen LogP contribution in [0.15, 0.2) is 39.9 Å². The maximum absolute atomic E-state index is 14.2. The van der Waals surface area contributed by atoms with E-state index < -0.39 is 126 Å². The van der Waals surface area contributed by atoms with Crippen LogP contribution in [0.1, 0.15) is 300 Å².